The van der Waals surface area contributed by atoms with Gasteiger partial charge in [-0.3, -0.25) is 9.69 Å². The van der Waals surface area contributed by atoms with Crippen molar-refractivity contribution < 1.29 is 14.4 Å². The lowest BCUT2D eigenvalue weighted by atomic mass is 9.97. The van der Waals surface area contributed by atoms with E-state index in [1.54, 1.807) is 0 Å². The van der Waals surface area contributed by atoms with Crippen LogP contribution < -0.4 is 0 Å². The van der Waals surface area contributed by atoms with E-state index in [2.05, 4.69) is 40.3 Å². The molecule has 1 aromatic heterocycles. The third-order valence-corrected chi connectivity index (χ3v) is 8.39. The molecule has 0 radical (unpaired) electrons. The molecule has 212 valence electrons. The van der Waals surface area contributed by atoms with Crippen molar-refractivity contribution in [1.29, 1.82) is 0 Å². The Morgan fingerprint density at radius 2 is 1.61 bits per heavy atom. The Hall–Kier alpha value is -4.03. The van der Waals surface area contributed by atoms with E-state index in [9.17, 15) is 9.59 Å². The summed E-state index contributed by atoms with van der Waals surface area (Å²) in [5.74, 6) is -0.335. The maximum atomic E-state index is 13.5. The Labute approximate surface area is 242 Å². The van der Waals surface area contributed by atoms with E-state index in [-0.39, 0.29) is 11.8 Å². The van der Waals surface area contributed by atoms with Crippen molar-refractivity contribution in [2.75, 3.05) is 13.1 Å². The summed E-state index contributed by atoms with van der Waals surface area (Å²) >= 11 is 0. The molecule has 2 heterocycles. The van der Waals surface area contributed by atoms with Gasteiger partial charge in [0.15, 0.2) is 5.78 Å². The van der Waals surface area contributed by atoms with Crippen LogP contribution in [0.1, 0.15) is 73.5 Å². The minimum Gasteiger partial charge on any atom is -0.341 e. The number of aromatic nitrogens is 1. The van der Waals surface area contributed by atoms with Gasteiger partial charge < -0.3 is 9.40 Å². The highest BCUT2D eigenvalue weighted by Crippen LogP contribution is 2.32. The van der Waals surface area contributed by atoms with Gasteiger partial charge in [-0.05, 0) is 102 Å². The molecule has 0 bridgehead atoms. The fourth-order valence-corrected chi connectivity index (χ4v) is 5.84. The lowest BCUT2D eigenvalue weighted by Crippen LogP contribution is -2.49. The minimum absolute atomic E-state index is 0.0133. The number of rotatable bonds is 10. The number of oxime groups is 1. The van der Waals surface area contributed by atoms with Crippen molar-refractivity contribution >= 4 is 39.3 Å². The third kappa shape index (κ3) is 5.49. The largest absolute Gasteiger partial charge is 0.354 e. The van der Waals surface area contributed by atoms with E-state index >= 15 is 0 Å². The molecule has 0 aliphatic carbocycles. The molecule has 0 saturated carbocycles. The topological polar surface area (TPSA) is 63.9 Å². The SMILES string of the molecule is C=CCCC(=NOC(=O)C(C)(C)N1CCCC1)c1ccc2c(c1)c1cc(C(=O)c3ccccc3C)ccc1n2CC. The molecule has 1 aliphatic heterocycles. The highest BCUT2D eigenvalue weighted by Gasteiger charge is 2.38. The molecule has 1 fully saturated rings. The second kappa shape index (κ2) is 11.8. The number of hydrogen-bond donors (Lipinski definition) is 0. The first-order valence-electron chi connectivity index (χ1n) is 14.6. The van der Waals surface area contributed by atoms with Gasteiger partial charge in [-0.1, -0.05) is 41.6 Å². The minimum atomic E-state index is -0.734. The van der Waals surface area contributed by atoms with Gasteiger partial charge in [0.1, 0.15) is 5.54 Å². The summed E-state index contributed by atoms with van der Waals surface area (Å²) in [5, 5.41) is 6.46. The fourth-order valence-electron chi connectivity index (χ4n) is 5.84. The van der Waals surface area contributed by atoms with Crippen LogP contribution in [0.4, 0.5) is 0 Å². The number of likely N-dealkylation sites (tertiary alicyclic amines) is 1. The fraction of sp³-hybridized carbons (Fsp3) is 0.343. The van der Waals surface area contributed by atoms with Crippen LogP contribution in [-0.4, -0.2) is 45.6 Å². The van der Waals surface area contributed by atoms with Crippen LogP contribution in [0, 0.1) is 6.92 Å². The Bertz CT molecular complexity index is 1650. The van der Waals surface area contributed by atoms with Gasteiger partial charge in [0.05, 0.1) is 5.71 Å². The summed E-state index contributed by atoms with van der Waals surface area (Å²) in [6, 6.07) is 19.9. The van der Waals surface area contributed by atoms with E-state index in [0.29, 0.717) is 29.7 Å². The van der Waals surface area contributed by atoms with Gasteiger partial charge in [0.25, 0.3) is 0 Å². The molecule has 1 saturated heterocycles. The van der Waals surface area contributed by atoms with E-state index in [0.717, 1.165) is 65.4 Å². The maximum absolute atomic E-state index is 13.5. The number of ketones is 1. The predicted octanol–water partition coefficient (Wildman–Crippen LogP) is 7.44. The zero-order valence-electron chi connectivity index (χ0n) is 24.6. The molecule has 0 N–H and O–H groups in total. The van der Waals surface area contributed by atoms with Crippen molar-refractivity contribution in [3.05, 3.63) is 95.6 Å². The summed E-state index contributed by atoms with van der Waals surface area (Å²) in [5.41, 5.74) is 5.34. The maximum Gasteiger partial charge on any atom is 0.354 e. The third-order valence-electron chi connectivity index (χ3n) is 8.39. The molecule has 41 heavy (non-hydrogen) atoms. The van der Waals surface area contributed by atoms with Gasteiger partial charge in [-0.25, -0.2) is 4.79 Å². The first-order valence-corrected chi connectivity index (χ1v) is 14.6. The van der Waals surface area contributed by atoms with Gasteiger partial charge in [-0.15, -0.1) is 6.58 Å². The first-order chi connectivity index (χ1) is 19.8. The van der Waals surface area contributed by atoms with Crippen LogP contribution in [0.2, 0.25) is 0 Å². The second-order valence-corrected chi connectivity index (χ2v) is 11.3. The molecular formula is C35H39N3O3. The van der Waals surface area contributed by atoms with Crippen molar-refractivity contribution in [2.24, 2.45) is 5.16 Å². The average molecular weight is 550 g/mol. The predicted molar refractivity (Wildman–Crippen MR) is 167 cm³/mol. The molecule has 0 unspecified atom stereocenters. The number of nitrogens with zero attached hydrogens (tertiary/aromatic N) is 3. The summed E-state index contributed by atoms with van der Waals surface area (Å²) in [4.78, 5) is 34.3. The van der Waals surface area contributed by atoms with Crippen LogP contribution in [-0.2, 0) is 16.2 Å². The van der Waals surface area contributed by atoms with E-state index < -0.39 is 5.54 Å². The van der Waals surface area contributed by atoms with E-state index in [4.69, 9.17) is 4.84 Å². The second-order valence-electron chi connectivity index (χ2n) is 11.3. The normalized spacial score (nSPS) is 14.6. The van der Waals surface area contributed by atoms with Crippen LogP contribution >= 0.6 is 0 Å². The quantitative estimate of drug-likeness (QED) is 0.0678. The van der Waals surface area contributed by atoms with Gasteiger partial charge in [0, 0.05) is 45.0 Å². The molecule has 5 rings (SSSR count). The highest BCUT2D eigenvalue weighted by molar-refractivity contribution is 6.16. The van der Waals surface area contributed by atoms with Crippen molar-refractivity contribution in [3.63, 3.8) is 0 Å². The molecule has 1 aliphatic rings. The summed E-state index contributed by atoms with van der Waals surface area (Å²) in [6.45, 7) is 14.3. The lowest BCUT2D eigenvalue weighted by molar-refractivity contribution is -0.155. The van der Waals surface area contributed by atoms with Gasteiger partial charge >= 0.3 is 5.97 Å². The molecular weight excluding hydrogens is 510 g/mol. The molecule has 0 spiro atoms. The number of allylic oxidation sites excluding steroid dienone is 1. The zero-order chi connectivity index (χ0) is 29.1. The zero-order valence-corrected chi connectivity index (χ0v) is 24.6. The molecule has 0 atom stereocenters. The molecule has 3 aromatic carbocycles. The van der Waals surface area contributed by atoms with Crippen molar-refractivity contribution in [1.82, 2.24) is 9.47 Å². The number of carbonyl (C=O) groups is 2. The Morgan fingerprint density at radius 3 is 2.24 bits per heavy atom. The lowest BCUT2D eigenvalue weighted by Gasteiger charge is -2.31. The molecule has 6 nitrogen and oxygen atoms in total. The average Bonchev–Trinajstić information content (AvgIpc) is 3.63. The number of hydrogen-bond acceptors (Lipinski definition) is 5. The van der Waals surface area contributed by atoms with E-state index in [1.165, 1.54) is 0 Å². The van der Waals surface area contributed by atoms with Crippen molar-refractivity contribution in [2.45, 2.75) is 65.5 Å². The molecule has 6 heteroatoms. The van der Waals surface area contributed by atoms with E-state index in [1.807, 2.05) is 75.4 Å². The number of fused-ring (bicyclic) bond motifs is 3. The summed E-state index contributed by atoms with van der Waals surface area (Å²) < 4.78 is 2.26. The standard InChI is InChI=1S/C35H39N3O3/c1-6-8-15-30(36-41-34(40)35(4,5)37-20-11-12-21-37)25-16-18-31-28(22-25)29-23-26(17-19-32(29)38(31)7-2)33(39)27-14-10-9-13-24(27)3/h6,9-10,13-14,16-19,22-23H,1,7-8,11-12,15,20-21H2,2-5H3. The number of carbonyl (C=O) groups excluding carboxylic acids is 2. The van der Waals surface area contributed by atoms with Crippen LogP contribution in [0.15, 0.2) is 78.5 Å². The summed E-state index contributed by atoms with van der Waals surface area (Å²) in [6.07, 6.45) is 5.32. The Morgan fingerprint density at radius 1 is 0.976 bits per heavy atom. The summed E-state index contributed by atoms with van der Waals surface area (Å²) in [7, 11) is 0. The van der Waals surface area contributed by atoms with Crippen LogP contribution in [0.3, 0.4) is 0 Å². The molecule has 4 aromatic rings. The smallest absolute Gasteiger partial charge is 0.341 e. The van der Waals surface area contributed by atoms with Gasteiger partial charge in [-0.2, -0.15) is 0 Å². The highest BCUT2D eigenvalue weighted by atomic mass is 16.7. The first kappa shape index (κ1) is 28.5. The number of benzene rings is 3. The number of aryl methyl sites for hydroxylation is 2. The van der Waals surface area contributed by atoms with Gasteiger partial charge in [0.2, 0.25) is 0 Å². The van der Waals surface area contributed by atoms with Crippen molar-refractivity contribution in [3.8, 4) is 0 Å². The van der Waals surface area contributed by atoms with Crippen LogP contribution in [0.5, 0.6) is 0 Å². The monoisotopic (exact) mass is 549 g/mol. The Balaban J connectivity index is 1.55. The van der Waals surface area contributed by atoms with Crippen LogP contribution in [0.25, 0.3) is 21.8 Å². The Kier molecular flexibility index (Phi) is 8.22. The molecule has 0 amide bonds.